The molecule has 2 N–H and O–H groups in total. The van der Waals surface area contributed by atoms with Crippen LogP contribution in [0.5, 0.6) is 0 Å². The first kappa shape index (κ1) is 20.1. The fourth-order valence-electron chi connectivity index (χ4n) is 2.54. The highest BCUT2D eigenvalue weighted by Gasteiger charge is 2.43. The van der Waals surface area contributed by atoms with Crippen molar-refractivity contribution in [1.82, 2.24) is 20.4 Å². The maximum absolute atomic E-state index is 4.32. The number of hydrogen-bond donors (Lipinski definition) is 2. The molecule has 0 spiro atoms. The van der Waals surface area contributed by atoms with E-state index in [-0.39, 0.29) is 24.0 Å². The third-order valence-electron chi connectivity index (χ3n) is 4.10. The Kier molecular flexibility index (Phi) is 8.08. The van der Waals surface area contributed by atoms with Crippen LogP contribution in [0, 0.1) is 0 Å². The average Bonchev–Trinajstić information content (AvgIpc) is 3.17. The van der Waals surface area contributed by atoms with E-state index in [1.807, 2.05) is 42.0 Å². The molecular weight excluding hydrogens is 445 g/mol. The largest absolute Gasteiger partial charge is 0.356 e. The van der Waals surface area contributed by atoms with Crippen LogP contribution in [0.1, 0.15) is 19.3 Å². The number of aliphatic imine (C=N–C) groups is 1. The maximum atomic E-state index is 4.32. The monoisotopic (exact) mass is 471 g/mol. The molecule has 1 aromatic carbocycles. The van der Waals surface area contributed by atoms with Crippen LogP contribution in [0.3, 0.4) is 0 Å². The van der Waals surface area contributed by atoms with E-state index in [1.54, 1.807) is 0 Å². The molecule has 1 heterocycles. The molecule has 0 saturated heterocycles. The zero-order chi connectivity index (χ0) is 16.7. The van der Waals surface area contributed by atoms with Gasteiger partial charge in [-0.3, -0.25) is 9.67 Å². The number of benzene rings is 1. The molecule has 0 atom stereocenters. The quantitative estimate of drug-likeness (QED) is 0.268. The number of halogens is 1. The number of nitrogens with one attached hydrogen (secondary N) is 2. The van der Waals surface area contributed by atoms with Crippen LogP contribution in [-0.2, 0) is 6.54 Å². The Morgan fingerprint density at radius 1 is 1.24 bits per heavy atom. The second-order valence-corrected chi connectivity index (χ2v) is 7.61. The van der Waals surface area contributed by atoms with Crippen molar-refractivity contribution in [2.24, 2.45) is 4.99 Å². The number of guanidine groups is 1. The standard InChI is InChI=1S/C18H25N5S.HI/c1-19-17(20-11-5-13-23-14-6-12-22-23)21-15-18(9-10-18)24-16-7-3-2-4-8-16;/h2-4,6-8,12,14H,5,9-11,13,15H2,1H3,(H2,19,20,21);1H. The molecule has 7 heteroatoms. The molecule has 0 aliphatic heterocycles. The summed E-state index contributed by atoms with van der Waals surface area (Å²) in [5.74, 6) is 0.885. The van der Waals surface area contributed by atoms with E-state index in [1.165, 1.54) is 17.7 Å². The van der Waals surface area contributed by atoms with Crippen LogP contribution in [0.2, 0.25) is 0 Å². The molecular formula is C18H26IN5S. The van der Waals surface area contributed by atoms with Crippen molar-refractivity contribution < 1.29 is 0 Å². The second-order valence-electron chi connectivity index (χ2n) is 6.07. The number of hydrogen-bond acceptors (Lipinski definition) is 3. The van der Waals surface area contributed by atoms with Gasteiger partial charge in [-0.05, 0) is 37.5 Å². The Bertz CT molecular complexity index is 641. The Morgan fingerprint density at radius 2 is 2.04 bits per heavy atom. The van der Waals surface area contributed by atoms with Crippen LogP contribution < -0.4 is 10.6 Å². The first-order chi connectivity index (χ1) is 11.8. The SMILES string of the molecule is CN=C(NCCCn1cccn1)NCC1(Sc2ccccc2)CC1.I. The molecule has 0 bridgehead atoms. The molecule has 5 nitrogen and oxygen atoms in total. The smallest absolute Gasteiger partial charge is 0.191 e. The van der Waals surface area contributed by atoms with Crippen molar-refractivity contribution in [2.45, 2.75) is 35.4 Å². The minimum atomic E-state index is 0. The lowest BCUT2D eigenvalue weighted by Crippen LogP contribution is -2.41. The molecule has 1 fully saturated rings. The summed E-state index contributed by atoms with van der Waals surface area (Å²) in [6.07, 6.45) is 7.34. The fraction of sp³-hybridized carbons (Fsp3) is 0.444. The molecule has 0 unspecified atom stereocenters. The Morgan fingerprint density at radius 3 is 2.68 bits per heavy atom. The third kappa shape index (κ3) is 6.54. The van der Waals surface area contributed by atoms with Crippen molar-refractivity contribution in [3.63, 3.8) is 0 Å². The lowest BCUT2D eigenvalue weighted by Gasteiger charge is -2.18. The molecule has 1 saturated carbocycles. The van der Waals surface area contributed by atoms with E-state index in [0.29, 0.717) is 4.75 Å². The van der Waals surface area contributed by atoms with Crippen LogP contribution in [0.15, 0.2) is 58.7 Å². The zero-order valence-electron chi connectivity index (χ0n) is 14.5. The molecule has 1 aromatic heterocycles. The maximum Gasteiger partial charge on any atom is 0.191 e. The Labute approximate surface area is 171 Å². The second kappa shape index (κ2) is 10.1. The molecule has 0 amide bonds. The molecule has 0 radical (unpaired) electrons. The predicted octanol–water partition coefficient (Wildman–Crippen LogP) is 3.38. The molecule has 136 valence electrons. The molecule has 1 aliphatic rings. The van der Waals surface area contributed by atoms with Crippen LogP contribution in [-0.4, -0.2) is 40.6 Å². The molecule has 3 rings (SSSR count). The van der Waals surface area contributed by atoms with E-state index in [0.717, 1.165) is 32.0 Å². The summed E-state index contributed by atoms with van der Waals surface area (Å²) in [6.45, 7) is 2.76. The van der Waals surface area contributed by atoms with Gasteiger partial charge in [0.05, 0.1) is 0 Å². The van der Waals surface area contributed by atoms with Gasteiger partial charge in [-0.1, -0.05) is 18.2 Å². The summed E-state index contributed by atoms with van der Waals surface area (Å²) in [6, 6.07) is 12.6. The molecule has 25 heavy (non-hydrogen) atoms. The summed E-state index contributed by atoms with van der Waals surface area (Å²) in [7, 11) is 1.83. The third-order valence-corrected chi connectivity index (χ3v) is 5.60. The van der Waals surface area contributed by atoms with Gasteiger partial charge in [0.25, 0.3) is 0 Å². The van der Waals surface area contributed by atoms with Gasteiger partial charge in [0, 0.05) is 48.7 Å². The van der Waals surface area contributed by atoms with Gasteiger partial charge < -0.3 is 10.6 Å². The topological polar surface area (TPSA) is 54.2 Å². The average molecular weight is 471 g/mol. The minimum Gasteiger partial charge on any atom is -0.356 e. The highest BCUT2D eigenvalue weighted by molar-refractivity contribution is 14.0. The number of nitrogens with zero attached hydrogens (tertiary/aromatic N) is 3. The van der Waals surface area contributed by atoms with E-state index in [2.05, 4.69) is 51.1 Å². The van der Waals surface area contributed by atoms with E-state index in [4.69, 9.17) is 0 Å². The van der Waals surface area contributed by atoms with Gasteiger partial charge in [0.2, 0.25) is 0 Å². The lowest BCUT2D eigenvalue weighted by atomic mass is 10.4. The molecule has 2 aromatic rings. The summed E-state index contributed by atoms with van der Waals surface area (Å²) in [5.41, 5.74) is 0. The van der Waals surface area contributed by atoms with Crippen molar-refractivity contribution in [3.05, 3.63) is 48.8 Å². The van der Waals surface area contributed by atoms with Crippen molar-refractivity contribution in [2.75, 3.05) is 20.1 Å². The van der Waals surface area contributed by atoms with Gasteiger partial charge in [-0.2, -0.15) is 5.10 Å². The first-order valence-corrected chi connectivity index (χ1v) is 9.27. The van der Waals surface area contributed by atoms with Crippen molar-refractivity contribution in [3.8, 4) is 0 Å². The number of thioether (sulfide) groups is 1. The predicted molar refractivity (Wildman–Crippen MR) is 116 cm³/mol. The fourth-order valence-corrected chi connectivity index (χ4v) is 3.78. The Balaban J connectivity index is 0.00000225. The van der Waals surface area contributed by atoms with Crippen LogP contribution >= 0.6 is 35.7 Å². The summed E-state index contributed by atoms with van der Waals surface area (Å²) < 4.78 is 2.28. The van der Waals surface area contributed by atoms with Crippen molar-refractivity contribution >= 4 is 41.7 Å². The van der Waals surface area contributed by atoms with E-state index in [9.17, 15) is 0 Å². The number of aryl methyl sites for hydroxylation is 1. The minimum absolute atomic E-state index is 0. The lowest BCUT2D eigenvalue weighted by molar-refractivity contribution is 0.570. The summed E-state index contributed by atoms with van der Waals surface area (Å²) in [5, 5.41) is 11.1. The highest BCUT2D eigenvalue weighted by Crippen LogP contribution is 2.51. The Hall–Kier alpha value is -1.22. The number of aromatic nitrogens is 2. The van der Waals surface area contributed by atoms with Crippen LogP contribution in [0.25, 0.3) is 0 Å². The van der Waals surface area contributed by atoms with Gasteiger partial charge in [-0.25, -0.2) is 0 Å². The molecule has 1 aliphatic carbocycles. The van der Waals surface area contributed by atoms with E-state index >= 15 is 0 Å². The van der Waals surface area contributed by atoms with Gasteiger partial charge in [0.1, 0.15) is 0 Å². The van der Waals surface area contributed by atoms with Gasteiger partial charge >= 0.3 is 0 Å². The first-order valence-electron chi connectivity index (χ1n) is 8.46. The van der Waals surface area contributed by atoms with Gasteiger partial charge in [0.15, 0.2) is 5.96 Å². The highest BCUT2D eigenvalue weighted by atomic mass is 127. The normalized spacial score (nSPS) is 15.3. The van der Waals surface area contributed by atoms with Gasteiger partial charge in [-0.15, -0.1) is 35.7 Å². The number of rotatable bonds is 8. The summed E-state index contributed by atoms with van der Waals surface area (Å²) >= 11 is 1.98. The zero-order valence-corrected chi connectivity index (χ0v) is 17.7. The van der Waals surface area contributed by atoms with E-state index < -0.39 is 0 Å². The summed E-state index contributed by atoms with van der Waals surface area (Å²) in [4.78, 5) is 5.67. The van der Waals surface area contributed by atoms with Crippen LogP contribution in [0.4, 0.5) is 0 Å². The van der Waals surface area contributed by atoms with Crippen molar-refractivity contribution in [1.29, 1.82) is 0 Å².